The number of methoxy groups -OCH3 is 1. The molecule has 0 radical (unpaired) electrons. The van der Waals surface area contributed by atoms with Gasteiger partial charge in [0.25, 0.3) is 0 Å². The van der Waals surface area contributed by atoms with Crippen molar-refractivity contribution in [2.75, 3.05) is 13.7 Å². The average molecular weight is 287 g/mol. The summed E-state index contributed by atoms with van der Waals surface area (Å²) in [6, 6.07) is 3.54. The molecule has 0 saturated carbocycles. The van der Waals surface area contributed by atoms with E-state index < -0.39 is 29.7 Å². The zero-order chi connectivity index (χ0) is 15.3. The molecule has 0 amide bonds. The van der Waals surface area contributed by atoms with Gasteiger partial charge in [-0.2, -0.15) is 18.4 Å². The number of hydrogen-bond donors (Lipinski definition) is 0. The molecular formula is C13H12F3NO3. The molecule has 0 N–H and O–H groups in total. The van der Waals surface area contributed by atoms with E-state index in [9.17, 15) is 18.0 Å². The molecule has 0 fully saturated rings. The number of carbonyl (C=O) groups excluding carboxylic acids is 1. The molecule has 0 aliphatic heterocycles. The van der Waals surface area contributed by atoms with Crippen molar-refractivity contribution in [2.24, 2.45) is 0 Å². The Hall–Kier alpha value is -2.23. The Morgan fingerprint density at radius 3 is 2.50 bits per heavy atom. The lowest BCUT2D eigenvalue weighted by Gasteiger charge is -2.15. The number of rotatable bonds is 4. The molecule has 0 atom stereocenters. The van der Waals surface area contributed by atoms with Crippen LogP contribution in [0.15, 0.2) is 12.1 Å². The Bertz CT molecular complexity index is 547. The summed E-state index contributed by atoms with van der Waals surface area (Å²) in [7, 11) is 1.26. The highest BCUT2D eigenvalue weighted by molar-refractivity contribution is 5.74. The van der Waals surface area contributed by atoms with Gasteiger partial charge < -0.3 is 9.47 Å². The van der Waals surface area contributed by atoms with Gasteiger partial charge in [-0.15, -0.1) is 0 Å². The molecule has 0 heterocycles. The number of nitriles is 1. The summed E-state index contributed by atoms with van der Waals surface area (Å²) >= 11 is 0. The van der Waals surface area contributed by atoms with Crippen molar-refractivity contribution < 1.29 is 27.4 Å². The number of ether oxygens (including phenoxy) is 2. The smallest absolute Gasteiger partial charge is 0.417 e. The maximum Gasteiger partial charge on any atom is 0.417 e. The van der Waals surface area contributed by atoms with Crippen LogP contribution >= 0.6 is 0 Å². The molecule has 1 rings (SSSR count). The lowest BCUT2D eigenvalue weighted by atomic mass is 9.98. The molecule has 20 heavy (non-hydrogen) atoms. The molecule has 0 unspecified atom stereocenters. The Balaban J connectivity index is 3.38. The molecule has 0 aromatic heterocycles. The Morgan fingerprint density at radius 1 is 1.40 bits per heavy atom. The molecule has 1 aromatic carbocycles. The highest BCUT2D eigenvalue weighted by Crippen LogP contribution is 2.37. The fraction of sp³-hybridized carbons (Fsp3) is 0.385. The maximum absolute atomic E-state index is 13.0. The number of esters is 1. The first kappa shape index (κ1) is 15.8. The number of hydrogen-bond acceptors (Lipinski definition) is 4. The second-order valence-corrected chi connectivity index (χ2v) is 3.80. The lowest BCUT2D eigenvalue weighted by molar-refractivity contribution is -0.143. The summed E-state index contributed by atoms with van der Waals surface area (Å²) in [5.41, 5.74) is -2.06. The normalized spacial score (nSPS) is 10.8. The fourth-order valence-electron chi connectivity index (χ4n) is 1.72. The summed E-state index contributed by atoms with van der Waals surface area (Å²) in [6.07, 6.45) is -5.31. The van der Waals surface area contributed by atoms with E-state index in [0.29, 0.717) is 0 Å². The van der Waals surface area contributed by atoms with Crippen LogP contribution in [0.4, 0.5) is 13.2 Å². The summed E-state index contributed by atoms with van der Waals surface area (Å²) in [5, 5.41) is 8.84. The van der Waals surface area contributed by atoms with Crippen LogP contribution in [0.3, 0.4) is 0 Å². The third kappa shape index (κ3) is 3.63. The van der Waals surface area contributed by atoms with Crippen molar-refractivity contribution in [3.63, 3.8) is 0 Å². The third-order valence-electron chi connectivity index (χ3n) is 2.47. The number of carbonyl (C=O) groups is 1. The van der Waals surface area contributed by atoms with Crippen LogP contribution in [-0.2, 0) is 22.1 Å². The number of benzene rings is 1. The molecule has 7 heteroatoms. The van der Waals surface area contributed by atoms with Crippen LogP contribution in [0.5, 0.6) is 5.75 Å². The zero-order valence-corrected chi connectivity index (χ0v) is 10.9. The van der Waals surface area contributed by atoms with Crippen LogP contribution in [0.2, 0.25) is 0 Å². The average Bonchev–Trinajstić information content (AvgIpc) is 2.36. The van der Waals surface area contributed by atoms with E-state index in [0.717, 1.165) is 12.1 Å². The van der Waals surface area contributed by atoms with Crippen molar-refractivity contribution in [1.29, 1.82) is 5.26 Å². The first-order valence-corrected chi connectivity index (χ1v) is 5.67. The predicted octanol–water partition coefficient (Wildman–Crippen LogP) is 2.69. The monoisotopic (exact) mass is 287 g/mol. The zero-order valence-electron chi connectivity index (χ0n) is 10.9. The molecular weight excluding hydrogens is 275 g/mol. The van der Waals surface area contributed by atoms with Crippen molar-refractivity contribution in [2.45, 2.75) is 19.5 Å². The second kappa shape index (κ2) is 6.28. The molecule has 1 aromatic rings. The van der Waals surface area contributed by atoms with E-state index in [2.05, 4.69) is 4.74 Å². The Labute approximate surface area is 113 Å². The number of alkyl halides is 3. The molecule has 4 nitrogen and oxygen atoms in total. The summed E-state index contributed by atoms with van der Waals surface area (Å²) < 4.78 is 48.5. The molecule has 0 aliphatic carbocycles. The van der Waals surface area contributed by atoms with Gasteiger partial charge in [-0.25, -0.2) is 0 Å². The summed E-state index contributed by atoms with van der Waals surface area (Å²) in [4.78, 5) is 11.4. The highest BCUT2D eigenvalue weighted by Gasteiger charge is 2.37. The standard InChI is InChI=1S/C13H12F3NO3/c1-3-20-11(18)6-8-4-10(19-2)5-9(7-17)12(8)13(14,15)16/h4-5H,3,6H2,1-2H3. The largest absolute Gasteiger partial charge is 0.497 e. The third-order valence-corrected chi connectivity index (χ3v) is 2.47. The molecule has 0 bridgehead atoms. The van der Waals surface area contributed by atoms with Crippen LogP contribution in [0.25, 0.3) is 0 Å². The minimum Gasteiger partial charge on any atom is -0.497 e. The molecule has 0 spiro atoms. The van der Waals surface area contributed by atoms with Crippen molar-refractivity contribution in [3.05, 3.63) is 28.8 Å². The summed E-state index contributed by atoms with van der Waals surface area (Å²) in [6.45, 7) is 1.62. The Morgan fingerprint density at radius 2 is 2.05 bits per heavy atom. The number of nitrogens with zero attached hydrogens (tertiary/aromatic N) is 1. The lowest BCUT2D eigenvalue weighted by Crippen LogP contribution is -2.16. The fourth-order valence-corrected chi connectivity index (χ4v) is 1.72. The van der Waals surface area contributed by atoms with E-state index in [-0.39, 0.29) is 17.9 Å². The van der Waals surface area contributed by atoms with Gasteiger partial charge >= 0.3 is 12.1 Å². The Kier molecular flexibility index (Phi) is 4.97. The SMILES string of the molecule is CCOC(=O)Cc1cc(OC)cc(C#N)c1C(F)(F)F. The topological polar surface area (TPSA) is 59.3 Å². The van der Waals surface area contributed by atoms with Gasteiger partial charge in [0.15, 0.2) is 0 Å². The van der Waals surface area contributed by atoms with Crippen molar-refractivity contribution >= 4 is 5.97 Å². The quantitative estimate of drug-likeness (QED) is 0.799. The van der Waals surface area contributed by atoms with Crippen molar-refractivity contribution in [1.82, 2.24) is 0 Å². The van der Waals surface area contributed by atoms with Gasteiger partial charge in [0.2, 0.25) is 0 Å². The first-order chi connectivity index (χ1) is 9.33. The van der Waals surface area contributed by atoms with Crippen LogP contribution in [0, 0.1) is 11.3 Å². The minimum atomic E-state index is -4.74. The minimum absolute atomic E-state index is 0.0647. The van der Waals surface area contributed by atoms with Gasteiger partial charge in [0.1, 0.15) is 5.75 Å². The molecule has 108 valence electrons. The van der Waals surface area contributed by atoms with Crippen LogP contribution < -0.4 is 4.74 Å². The number of halogens is 3. The predicted molar refractivity (Wildman–Crippen MR) is 63.0 cm³/mol. The van der Waals surface area contributed by atoms with E-state index in [1.54, 1.807) is 6.92 Å². The summed E-state index contributed by atoms with van der Waals surface area (Å²) in [5.74, 6) is -0.719. The van der Waals surface area contributed by atoms with E-state index >= 15 is 0 Å². The van der Waals surface area contributed by atoms with Crippen LogP contribution in [0.1, 0.15) is 23.6 Å². The van der Waals surface area contributed by atoms with Crippen LogP contribution in [-0.4, -0.2) is 19.7 Å². The van der Waals surface area contributed by atoms with Crippen molar-refractivity contribution in [3.8, 4) is 11.8 Å². The molecule has 0 saturated heterocycles. The maximum atomic E-state index is 13.0. The molecule has 0 aliphatic rings. The van der Waals surface area contributed by atoms with Gasteiger partial charge in [-0.05, 0) is 24.6 Å². The van der Waals surface area contributed by atoms with Gasteiger partial charge in [-0.3, -0.25) is 4.79 Å². The highest BCUT2D eigenvalue weighted by atomic mass is 19.4. The first-order valence-electron chi connectivity index (χ1n) is 5.67. The van der Waals surface area contributed by atoms with E-state index in [1.165, 1.54) is 13.2 Å². The second-order valence-electron chi connectivity index (χ2n) is 3.80. The van der Waals surface area contributed by atoms with Gasteiger partial charge in [0.05, 0.1) is 37.3 Å². The van der Waals surface area contributed by atoms with Gasteiger partial charge in [0, 0.05) is 0 Å². The van der Waals surface area contributed by atoms with E-state index in [1.807, 2.05) is 0 Å². The van der Waals surface area contributed by atoms with Gasteiger partial charge in [-0.1, -0.05) is 0 Å². The van der Waals surface area contributed by atoms with E-state index in [4.69, 9.17) is 10.00 Å².